The highest BCUT2D eigenvalue weighted by atomic mass is 35.5. The van der Waals surface area contributed by atoms with Crippen molar-refractivity contribution in [2.24, 2.45) is 5.92 Å². The molecule has 0 atom stereocenters. The summed E-state index contributed by atoms with van der Waals surface area (Å²) in [7, 11) is 0. The number of halogens is 2. The molecule has 0 aromatic carbocycles. The highest BCUT2D eigenvalue weighted by Gasteiger charge is 2.38. The summed E-state index contributed by atoms with van der Waals surface area (Å²) < 4.78 is 0. The summed E-state index contributed by atoms with van der Waals surface area (Å²) in [6, 6.07) is 0.616. The van der Waals surface area contributed by atoms with Crippen LogP contribution in [0, 0.1) is 5.92 Å². The fraction of sp³-hybridized carbons (Fsp3) is 0.857. The summed E-state index contributed by atoms with van der Waals surface area (Å²) in [6.07, 6.45) is 0. The Bertz CT molecular complexity index is 181. The molecule has 2 fully saturated rings. The van der Waals surface area contributed by atoms with Crippen molar-refractivity contribution in [2.45, 2.75) is 6.04 Å². The van der Waals surface area contributed by atoms with Gasteiger partial charge in [0.15, 0.2) is 0 Å². The van der Waals surface area contributed by atoms with Gasteiger partial charge >= 0.3 is 5.97 Å². The first-order valence-electron chi connectivity index (χ1n) is 3.95. The lowest BCUT2D eigenvalue weighted by Gasteiger charge is -2.46. The molecular formula is C7H14Cl2N2O2. The van der Waals surface area contributed by atoms with Crippen LogP contribution in [0.1, 0.15) is 0 Å². The van der Waals surface area contributed by atoms with Crippen LogP contribution in [-0.2, 0) is 4.79 Å². The highest BCUT2D eigenvalue weighted by molar-refractivity contribution is 5.85. The van der Waals surface area contributed by atoms with Gasteiger partial charge in [-0.3, -0.25) is 9.69 Å². The van der Waals surface area contributed by atoms with Crippen LogP contribution in [-0.4, -0.2) is 48.2 Å². The number of carboxylic acids is 1. The zero-order valence-corrected chi connectivity index (χ0v) is 8.74. The third-order valence-electron chi connectivity index (χ3n) is 2.54. The molecule has 0 radical (unpaired) electrons. The van der Waals surface area contributed by atoms with Gasteiger partial charge in [0.05, 0.1) is 5.92 Å². The van der Waals surface area contributed by atoms with Crippen molar-refractivity contribution in [3.63, 3.8) is 0 Å². The van der Waals surface area contributed by atoms with Gasteiger partial charge in [0.2, 0.25) is 0 Å². The maximum atomic E-state index is 10.4. The number of carboxylic acid groups (broad SMARTS) is 1. The van der Waals surface area contributed by atoms with E-state index in [1.807, 2.05) is 0 Å². The number of hydrogen-bond acceptors (Lipinski definition) is 3. The zero-order chi connectivity index (χ0) is 7.84. The van der Waals surface area contributed by atoms with Crippen LogP contribution in [0.25, 0.3) is 0 Å². The maximum absolute atomic E-state index is 10.4. The summed E-state index contributed by atoms with van der Waals surface area (Å²) in [4.78, 5) is 12.6. The number of carbonyl (C=O) groups is 1. The SMILES string of the molecule is Cl.Cl.O=C(O)C1CN(C2CNC2)C1. The standard InChI is InChI=1S/C7H12N2O2.2ClH/c10-7(11)5-3-9(4-5)6-1-8-2-6;;/h5-6,8H,1-4H2,(H,10,11);2*1H. The molecule has 4 nitrogen and oxygen atoms in total. The zero-order valence-electron chi connectivity index (χ0n) is 7.10. The summed E-state index contributed by atoms with van der Waals surface area (Å²) in [5, 5.41) is 11.7. The van der Waals surface area contributed by atoms with E-state index < -0.39 is 5.97 Å². The minimum absolute atomic E-state index is 0. The smallest absolute Gasteiger partial charge is 0.309 e. The Kier molecular flexibility index (Phi) is 4.99. The van der Waals surface area contributed by atoms with E-state index in [4.69, 9.17) is 5.11 Å². The lowest BCUT2D eigenvalue weighted by molar-refractivity contribution is -0.149. The minimum atomic E-state index is -0.645. The predicted octanol–water partition coefficient (Wildman–Crippen LogP) is -0.182. The van der Waals surface area contributed by atoms with E-state index in [2.05, 4.69) is 10.2 Å². The van der Waals surface area contributed by atoms with Crippen molar-refractivity contribution in [2.75, 3.05) is 26.2 Å². The van der Waals surface area contributed by atoms with Gasteiger partial charge in [-0.15, -0.1) is 24.8 Å². The van der Waals surface area contributed by atoms with E-state index in [0.29, 0.717) is 6.04 Å². The first kappa shape index (κ1) is 13.0. The van der Waals surface area contributed by atoms with Crippen LogP contribution in [0.2, 0.25) is 0 Å². The quantitative estimate of drug-likeness (QED) is 0.689. The number of hydrogen-bond donors (Lipinski definition) is 2. The lowest BCUT2D eigenvalue weighted by atomic mass is 9.96. The molecule has 2 heterocycles. The second-order valence-electron chi connectivity index (χ2n) is 3.30. The molecule has 0 aliphatic carbocycles. The third kappa shape index (κ3) is 2.47. The summed E-state index contributed by atoms with van der Waals surface area (Å²) in [6.45, 7) is 3.57. The van der Waals surface area contributed by atoms with Crippen LogP contribution < -0.4 is 5.32 Å². The molecule has 0 saturated carbocycles. The predicted molar refractivity (Wildman–Crippen MR) is 53.9 cm³/mol. The highest BCUT2D eigenvalue weighted by Crippen LogP contribution is 2.20. The van der Waals surface area contributed by atoms with E-state index in [1.54, 1.807) is 0 Å². The van der Waals surface area contributed by atoms with E-state index in [-0.39, 0.29) is 30.7 Å². The van der Waals surface area contributed by atoms with E-state index in [0.717, 1.165) is 26.2 Å². The Labute approximate surface area is 89.5 Å². The molecule has 13 heavy (non-hydrogen) atoms. The molecular weight excluding hydrogens is 215 g/mol. The fourth-order valence-corrected chi connectivity index (χ4v) is 1.50. The van der Waals surface area contributed by atoms with Crippen molar-refractivity contribution in [3.8, 4) is 0 Å². The maximum Gasteiger partial charge on any atom is 0.309 e. The molecule has 0 aromatic rings. The first-order chi connectivity index (χ1) is 5.27. The molecule has 0 aromatic heterocycles. The molecule has 0 spiro atoms. The van der Waals surface area contributed by atoms with Crippen LogP contribution in [0.15, 0.2) is 0 Å². The molecule has 2 aliphatic heterocycles. The molecule has 2 saturated heterocycles. The Hall–Kier alpha value is -0.0300. The molecule has 2 N–H and O–H groups in total. The Balaban J connectivity index is 0.000000720. The molecule has 6 heteroatoms. The third-order valence-corrected chi connectivity index (χ3v) is 2.54. The van der Waals surface area contributed by atoms with E-state index in [1.165, 1.54) is 0 Å². The molecule has 0 bridgehead atoms. The van der Waals surface area contributed by atoms with Crippen molar-refractivity contribution >= 4 is 30.8 Å². The van der Waals surface area contributed by atoms with Crippen molar-refractivity contribution < 1.29 is 9.90 Å². The lowest BCUT2D eigenvalue weighted by Crippen LogP contribution is -2.65. The Morgan fingerprint density at radius 2 is 1.85 bits per heavy atom. The van der Waals surface area contributed by atoms with E-state index in [9.17, 15) is 4.79 Å². The van der Waals surface area contributed by atoms with Gasteiger partial charge in [-0.05, 0) is 0 Å². The Morgan fingerprint density at radius 3 is 2.15 bits per heavy atom. The van der Waals surface area contributed by atoms with E-state index >= 15 is 0 Å². The van der Waals surface area contributed by atoms with Gasteiger partial charge < -0.3 is 10.4 Å². The summed E-state index contributed by atoms with van der Waals surface area (Å²) >= 11 is 0. The second kappa shape index (κ2) is 5.00. The second-order valence-corrected chi connectivity index (χ2v) is 3.30. The van der Waals surface area contributed by atoms with Gasteiger partial charge in [0.1, 0.15) is 0 Å². The molecule has 0 amide bonds. The number of likely N-dealkylation sites (tertiary alicyclic amines) is 1. The van der Waals surface area contributed by atoms with Crippen LogP contribution in [0.5, 0.6) is 0 Å². The Morgan fingerprint density at radius 1 is 1.31 bits per heavy atom. The molecule has 2 rings (SSSR count). The average molecular weight is 229 g/mol. The number of rotatable bonds is 2. The van der Waals surface area contributed by atoms with Crippen molar-refractivity contribution in [1.29, 1.82) is 0 Å². The van der Waals surface area contributed by atoms with Crippen LogP contribution >= 0.6 is 24.8 Å². The summed E-state index contributed by atoms with van der Waals surface area (Å²) in [5.74, 6) is -0.746. The first-order valence-corrected chi connectivity index (χ1v) is 3.95. The fourth-order valence-electron chi connectivity index (χ4n) is 1.50. The van der Waals surface area contributed by atoms with Crippen LogP contribution in [0.3, 0.4) is 0 Å². The van der Waals surface area contributed by atoms with Gasteiger partial charge in [0, 0.05) is 32.2 Å². The monoisotopic (exact) mass is 228 g/mol. The number of aliphatic carboxylic acids is 1. The molecule has 2 aliphatic rings. The normalized spacial score (nSPS) is 23.4. The van der Waals surface area contributed by atoms with Crippen molar-refractivity contribution in [3.05, 3.63) is 0 Å². The van der Waals surface area contributed by atoms with Crippen LogP contribution in [0.4, 0.5) is 0 Å². The van der Waals surface area contributed by atoms with Gasteiger partial charge in [-0.1, -0.05) is 0 Å². The van der Waals surface area contributed by atoms with Gasteiger partial charge in [-0.2, -0.15) is 0 Å². The molecule has 0 unspecified atom stereocenters. The minimum Gasteiger partial charge on any atom is -0.481 e. The topological polar surface area (TPSA) is 52.6 Å². The van der Waals surface area contributed by atoms with Gasteiger partial charge in [-0.25, -0.2) is 0 Å². The van der Waals surface area contributed by atoms with Gasteiger partial charge in [0.25, 0.3) is 0 Å². The average Bonchev–Trinajstić information content (AvgIpc) is 1.70. The van der Waals surface area contributed by atoms with Crippen molar-refractivity contribution in [1.82, 2.24) is 10.2 Å². The largest absolute Gasteiger partial charge is 0.481 e. The summed E-state index contributed by atoms with van der Waals surface area (Å²) in [5.41, 5.74) is 0. The molecule has 78 valence electrons. The number of nitrogens with zero attached hydrogens (tertiary/aromatic N) is 1. The number of nitrogens with one attached hydrogen (secondary N) is 1.